The van der Waals surface area contributed by atoms with Crippen LogP contribution in [0.25, 0.3) is 0 Å². The van der Waals surface area contributed by atoms with E-state index >= 15 is 0 Å². The van der Waals surface area contributed by atoms with E-state index in [4.69, 9.17) is 0 Å². The molecule has 0 amide bonds. The minimum absolute atomic E-state index is 0.795. The lowest BCUT2D eigenvalue weighted by Crippen LogP contribution is -2.50. The van der Waals surface area contributed by atoms with Crippen molar-refractivity contribution in [2.75, 3.05) is 31.1 Å². The van der Waals surface area contributed by atoms with Crippen LogP contribution in [-0.4, -0.2) is 37.1 Å². The zero-order chi connectivity index (χ0) is 12.5. The van der Waals surface area contributed by atoms with Crippen molar-refractivity contribution in [3.8, 4) is 0 Å². The molecule has 98 valence electrons. The van der Waals surface area contributed by atoms with Gasteiger partial charge >= 0.3 is 0 Å². The summed E-state index contributed by atoms with van der Waals surface area (Å²) >= 11 is 3.63. The first kappa shape index (κ1) is 12.5. The minimum atomic E-state index is 0.795. The highest BCUT2D eigenvalue weighted by Crippen LogP contribution is 2.29. The zero-order valence-electron chi connectivity index (χ0n) is 11.0. The van der Waals surface area contributed by atoms with E-state index in [9.17, 15) is 0 Å². The van der Waals surface area contributed by atoms with E-state index in [1.54, 1.807) is 0 Å². The molecule has 0 aromatic heterocycles. The molecular formula is C15H21BrN2. The van der Waals surface area contributed by atoms with Crippen LogP contribution in [0.5, 0.6) is 0 Å². The third-order valence-corrected chi connectivity index (χ3v) is 4.91. The molecule has 0 bridgehead atoms. The van der Waals surface area contributed by atoms with Gasteiger partial charge < -0.3 is 4.90 Å². The third-order valence-electron chi connectivity index (χ3n) is 4.31. The Kier molecular flexibility index (Phi) is 3.62. The van der Waals surface area contributed by atoms with E-state index in [2.05, 4.69) is 50.9 Å². The smallest absolute Gasteiger partial charge is 0.0408 e. The lowest BCUT2D eigenvalue weighted by molar-refractivity contribution is 0.231. The van der Waals surface area contributed by atoms with Gasteiger partial charge in [0.1, 0.15) is 0 Å². The van der Waals surface area contributed by atoms with Crippen molar-refractivity contribution in [1.82, 2.24) is 4.90 Å². The number of hydrogen-bond donors (Lipinski definition) is 0. The summed E-state index contributed by atoms with van der Waals surface area (Å²) in [6.45, 7) is 7.12. The average molecular weight is 309 g/mol. The predicted octanol–water partition coefficient (Wildman–Crippen LogP) is 3.17. The Morgan fingerprint density at radius 1 is 1.28 bits per heavy atom. The second kappa shape index (κ2) is 5.22. The van der Waals surface area contributed by atoms with Gasteiger partial charge in [-0.05, 0) is 37.9 Å². The number of fused-ring (bicyclic) bond motifs is 1. The molecule has 1 unspecified atom stereocenters. The van der Waals surface area contributed by atoms with Gasteiger partial charge in [0.25, 0.3) is 0 Å². The van der Waals surface area contributed by atoms with Crippen LogP contribution in [0.2, 0.25) is 0 Å². The van der Waals surface area contributed by atoms with Gasteiger partial charge in [0.15, 0.2) is 0 Å². The van der Waals surface area contributed by atoms with Gasteiger partial charge in [-0.25, -0.2) is 0 Å². The maximum absolute atomic E-state index is 3.63. The van der Waals surface area contributed by atoms with Crippen molar-refractivity contribution in [1.29, 1.82) is 0 Å². The fourth-order valence-electron chi connectivity index (χ4n) is 3.34. The van der Waals surface area contributed by atoms with E-state index in [1.807, 2.05) is 0 Å². The Bertz CT molecular complexity index is 433. The first-order valence-corrected chi connectivity index (χ1v) is 8.04. The summed E-state index contributed by atoms with van der Waals surface area (Å²) in [6, 6.07) is 7.65. The summed E-state index contributed by atoms with van der Waals surface area (Å²) in [5.74, 6) is 0. The van der Waals surface area contributed by atoms with Crippen LogP contribution >= 0.6 is 15.9 Å². The molecule has 0 aliphatic carbocycles. The van der Waals surface area contributed by atoms with Gasteiger partial charge in [0.05, 0.1) is 0 Å². The van der Waals surface area contributed by atoms with Crippen LogP contribution < -0.4 is 4.90 Å². The lowest BCUT2D eigenvalue weighted by atomic mass is 10.1. The van der Waals surface area contributed by atoms with Crippen molar-refractivity contribution in [2.24, 2.45) is 0 Å². The third kappa shape index (κ3) is 2.30. The summed E-state index contributed by atoms with van der Waals surface area (Å²) in [5, 5.41) is 0.953. The number of alkyl halides is 1. The van der Waals surface area contributed by atoms with Gasteiger partial charge in [0.2, 0.25) is 0 Å². The van der Waals surface area contributed by atoms with Crippen molar-refractivity contribution < 1.29 is 0 Å². The Balaban J connectivity index is 1.82. The second-order valence-electron chi connectivity index (χ2n) is 5.54. The predicted molar refractivity (Wildman–Crippen MR) is 80.6 cm³/mol. The molecule has 1 aromatic rings. The summed E-state index contributed by atoms with van der Waals surface area (Å²) in [4.78, 5) is 5.25. The average Bonchev–Trinajstić information content (AvgIpc) is 2.85. The molecule has 2 aliphatic rings. The van der Waals surface area contributed by atoms with Crippen molar-refractivity contribution in [2.45, 2.75) is 31.1 Å². The van der Waals surface area contributed by atoms with E-state index < -0.39 is 0 Å². The fourth-order valence-corrected chi connectivity index (χ4v) is 3.79. The summed E-state index contributed by atoms with van der Waals surface area (Å²) in [5.41, 5.74) is 4.22. The number of aryl methyl sites for hydroxylation is 1. The zero-order valence-corrected chi connectivity index (χ0v) is 12.6. The summed E-state index contributed by atoms with van der Waals surface area (Å²) < 4.78 is 0. The highest BCUT2D eigenvalue weighted by Gasteiger charge is 2.31. The molecule has 1 atom stereocenters. The van der Waals surface area contributed by atoms with Gasteiger partial charge in [-0.15, -0.1) is 0 Å². The van der Waals surface area contributed by atoms with E-state index in [0.29, 0.717) is 0 Å². The first-order chi connectivity index (χ1) is 8.78. The minimum Gasteiger partial charge on any atom is -0.368 e. The molecule has 2 saturated heterocycles. The number of benzene rings is 1. The molecule has 3 rings (SSSR count). The van der Waals surface area contributed by atoms with Gasteiger partial charge in [-0.3, -0.25) is 4.90 Å². The number of piperazine rings is 1. The topological polar surface area (TPSA) is 6.48 Å². The fraction of sp³-hybridized carbons (Fsp3) is 0.600. The van der Waals surface area contributed by atoms with Crippen LogP contribution in [0.15, 0.2) is 18.2 Å². The van der Waals surface area contributed by atoms with Crippen molar-refractivity contribution >= 4 is 21.6 Å². The van der Waals surface area contributed by atoms with Crippen LogP contribution in [0, 0.1) is 6.92 Å². The highest BCUT2D eigenvalue weighted by molar-refractivity contribution is 9.08. The molecule has 2 aliphatic heterocycles. The monoisotopic (exact) mass is 308 g/mol. The highest BCUT2D eigenvalue weighted by atomic mass is 79.9. The first-order valence-electron chi connectivity index (χ1n) is 6.92. The van der Waals surface area contributed by atoms with Crippen LogP contribution in [0.4, 0.5) is 5.69 Å². The van der Waals surface area contributed by atoms with E-state index in [1.165, 1.54) is 55.8 Å². The normalized spacial score (nSPS) is 24.3. The van der Waals surface area contributed by atoms with Crippen LogP contribution in [0.3, 0.4) is 0 Å². The van der Waals surface area contributed by atoms with Crippen LogP contribution in [-0.2, 0) is 5.33 Å². The number of nitrogens with zero attached hydrogens (tertiary/aromatic N) is 2. The van der Waals surface area contributed by atoms with Gasteiger partial charge in [0, 0.05) is 36.7 Å². The molecule has 0 saturated carbocycles. The summed E-state index contributed by atoms with van der Waals surface area (Å²) in [7, 11) is 0. The van der Waals surface area contributed by atoms with Crippen LogP contribution in [0.1, 0.15) is 24.0 Å². The standard InChI is InChI=1S/C15H21BrN2/c1-12-4-5-15(13(9-12)10-16)18-8-7-17-6-2-3-14(17)11-18/h4-5,9,14H,2-3,6-8,10-11H2,1H3. The molecule has 18 heavy (non-hydrogen) atoms. The molecule has 2 heterocycles. The quantitative estimate of drug-likeness (QED) is 0.774. The van der Waals surface area contributed by atoms with Gasteiger partial charge in [-0.1, -0.05) is 33.6 Å². The number of rotatable bonds is 2. The summed E-state index contributed by atoms with van der Waals surface area (Å²) in [6.07, 6.45) is 2.77. The molecule has 3 heteroatoms. The van der Waals surface area contributed by atoms with Gasteiger partial charge in [-0.2, -0.15) is 0 Å². The number of anilines is 1. The molecule has 2 fully saturated rings. The van der Waals surface area contributed by atoms with E-state index in [0.717, 1.165) is 11.4 Å². The SMILES string of the molecule is Cc1ccc(N2CCN3CCCC3C2)c(CBr)c1. The lowest BCUT2D eigenvalue weighted by Gasteiger charge is -2.39. The molecule has 2 nitrogen and oxygen atoms in total. The van der Waals surface area contributed by atoms with Crippen molar-refractivity contribution in [3.05, 3.63) is 29.3 Å². The Morgan fingerprint density at radius 2 is 2.17 bits per heavy atom. The Hall–Kier alpha value is -0.540. The molecule has 0 radical (unpaired) electrons. The maximum Gasteiger partial charge on any atom is 0.0408 e. The second-order valence-corrected chi connectivity index (χ2v) is 6.10. The van der Waals surface area contributed by atoms with E-state index in [-0.39, 0.29) is 0 Å². The number of halogens is 1. The molecule has 0 spiro atoms. The number of hydrogen-bond acceptors (Lipinski definition) is 2. The Morgan fingerprint density at radius 3 is 3.00 bits per heavy atom. The maximum atomic E-state index is 3.63. The Labute approximate surface area is 118 Å². The van der Waals surface area contributed by atoms with Crippen molar-refractivity contribution in [3.63, 3.8) is 0 Å². The largest absolute Gasteiger partial charge is 0.368 e. The molecular weight excluding hydrogens is 288 g/mol. The molecule has 0 N–H and O–H groups in total. The molecule has 1 aromatic carbocycles.